The molecule has 14 heavy (non-hydrogen) atoms. The monoisotopic (exact) mass is 215 g/mol. The lowest BCUT2D eigenvalue weighted by atomic mass is 10.3. The van der Waals surface area contributed by atoms with E-state index in [9.17, 15) is 4.79 Å². The summed E-state index contributed by atoms with van der Waals surface area (Å²) in [7, 11) is 0. The summed E-state index contributed by atoms with van der Waals surface area (Å²) in [6, 6.07) is 0. The first-order chi connectivity index (χ1) is 6.72. The highest BCUT2D eigenvalue weighted by atomic mass is 32.1. The molecule has 0 aromatic carbocycles. The molecule has 0 aliphatic heterocycles. The predicted octanol–water partition coefficient (Wildman–Crippen LogP) is 1.01. The molecular weight excluding hydrogens is 202 g/mol. The van der Waals surface area contributed by atoms with E-state index in [4.69, 9.17) is 10.5 Å². The Bertz CT molecular complexity index is 301. The molecule has 0 spiro atoms. The molecule has 6 heteroatoms. The molecule has 0 fully saturated rings. The van der Waals surface area contributed by atoms with Crippen LogP contribution >= 0.6 is 11.3 Å². The Kier molecular flexibility index (Phi) is 4.31. The van der Waals surface area contributed by atoms with Crippen LogP contribution in [0.5, 0.6) is 0 Å². The third kappa shape index (κ3) is 3.69. The molecular formula is C8H13N3O2S. The third-order valence-electron chi connectivity index (χ3n) is 1.49. The Morgan fingerprint density at radius 2 is 2.36 bits per heavy atom. The van der Waals surface area contributed by atoms with Crippen molar-refractivity contribution in [1.82, 2.24) is 10.2 Å². The Hall–Kier alpha value is -1.17. The zero-order valence-corrected chi connectivity index (χ0v) is 8.84. The number of hydrogen-bond donors (Lipinski definition) is 1. The predicted molar refractivity (Wildman–Crippen MR) is 53.9 cm³/mol. The van der Waals surface area contributed by atoms with E-state index in [0.717, 1.165) is 11.4 Å². The van der Waals surface area contributed by atoms with E-state index in [0.29, 0.717) is 24.6 Å². The van der Waals surface area contributed by atoms with Crippen LogP contribution in [0, 0.1) is 0 Å². The molecule has 0 atom stereocenters. The van der Waals surface area contributed by atoms with Crippen molar-refractivity contribution in [2.45, 2.75) is 26.2 Å². The van der Waals surface area contributed by atoms with Crippen LogP contribution in [0.15, 0.2) is 0 Å². The minimum Gasteiger partial charge on any atom is -0.466 e. The fourth-order valence-electron chi connectivity index (χ4n) is 0.865. The smallest absolute Gasteiger partial charge is 0.306 e. The van der Waals surface area contributed by atoms with Crippen LogP contribution in [0.4, 0.5) is 5.13 Å². The number of nitrogen functional groups attached to an aromatic ring is 1. The lowest BCUT2D eigenvalue weighted by Crippen LogP contribution is -2.06. The van der Waals surface area contributed by atoms with Crippen LogP contribution < -0.4 is 5.73 Å². The van der Waals surface area contributed by atoms with E-state index in [2.05, 4.69) is 10.2 Å². The van der Waals surface area contributed by atoms with Gasteiger partial charge in [-0.3, -0.25) is 4.79 Å². The normalized spacial score (nSPS) is 10.1. The fraction of sp³-hybridized carbons (Fsp3) is 0.625. The SMILES string of the molecule is CCCOC(=O)CCc1nnc(N)s1. The lowest BCUT2D eigenvalue weighted by Gasteiger charge is -2.00. The van der Waals surface area contributed by atoms with Crippen LogP contribution in [-0.2, 0) is 16.0 Å². The maximum absolute atomic E-state index is 11.1. The van der Waals surface area contributed by atoms with Gasteiger partial charge in [-0.2, -0.15) is 0 Å². The van der Waals surface area contributed by atoms with Gasteiger partial charge in [0.2, 0.25) is 5.13 Å². The van der Waals surface area contributed by atoms with Gasteiger partial charge in [-0.15, -0.1) is 10.2 Å². The summed E-state index contributed by atoms with van der Waals surface area (Å²) in [5, 5.41) is 8.66. The van der Waals surface area contributed by atoms with Gasteiger partial charge in [-0.1, -0.05) is 18.3 Å². The molecule has 2 N–H and O–H groups in total. The first kappa shape index (κ1) is 10.9. The van der Waals surface area contributed by atoms with Crippen molar-refractivity contribution in [3.05, 3.63) is 5.01 Å². The van der Waals surface area contributed by atoms with Gasteiger partial charge < -0.3 is 10.5 Å². The first-order valence-electron chi connectivity index (χ1n) is 4.46. The molecule has 0 aliphatic carbocycles. The van der Waals surface area contributed by atoms with Crippen molar-refractivity contribution in [3.63, 3.8) is 0 Å². The minimum atomic E-state index is -0.194. The zero-order chi connectivity index (χ0) is 10.4. The highest BCUT2D eigenvalue weighted by molar-refractivity contribution is 7.15. The summed E-state index contributed by atoms with van der Waals surface area (Å²) in [6.45, 7) is 2.44. The molecule has 0 aliphatic rings. The quantitative estimate of drug-likeness (QED) is 0.741. The van der Waals surface area contributed by atoms with Gasteiger partial charge in [0.25, 0.3) is 0 Å². The number of carbonyl (C=O) groups is 1. The molecule has 0 saturated heterocycles. The fourth-order valence-corrected chi connectivity index (χ4v) is 1.47. The van der Waals surface area contributed by atoms with E-state index in [1.807, 2.05) is 6.92 Å². The second kappa shape index (κ2) is 5.54. The molecule has 0 radical (unpaired) electrons. The van der Waals surface area contributed by atoms with Gasteiger partial charge in [0.05, 0.1) is 13.0 Å². The van der Waals surface area contributed by atoms with Gasteiger partial charge in [0.1, 0.15) is 5.01 Å². The molecule has 78 valence electrons. The lowest BCUT2D eigenvalue weighted by molar-refractivity contribution is -0.143. The average Bonchev–Trinajstić information content (AvgIpc) is 2.58. The van der Waals surface area contributed by atoms with E-state index < -0.39 is 0 Å². The van der Waals surface area contributed by atoms with Crippen molar-refractivity contribution < 1.29 is 9.53 Å². The number of esters is 1. The Balaban J connectivity index is 2.23. The molecule has 0 amide bonds. The molecule has 0 saturated carbocycles. The first-order valence-corrected chi connectivity index (χ1v) is 5.27. The second-order valence-corrected chi connectivity index (χ2v) is 3.85. The summed E-state index contributed by atoms with van der Waals surface area (Å²) in [5.41, 5.74) is 5.39. The van der Waals surface area contributed by atoms with Gasteiger partial charge in [0.15, 0.2) is 0 Å². The van der Waals surface area contributed by atoms with E-state index in [1.54, 1.807) is 0 Å². The van der Waals surface area contributed by atoms with Gasteiger partial charge in [-0.25, -0.2) is 0 Å². The number of nitrogens with zero attached hydrogens (tertiary/aromatic N) is 2. The van der Waals surface area contributed by atoms with Crippen molar-refractivity contribution in [1.29, 1.82) is 0 Å². The van der Waals surface area contributed by atoms with Crippen LogP contribution in [0.25, 0.3) is 0 Å². The van der Waals surface area contributed by atoms with Crippen LogP contribution in [-0.4, -0.2) is 22.8 Å². The van der Waals surface area contributed by atoms with Crippen LogP contribution in [0.1, 0.15) is 24.8 Å². The molecule has 1 rings (SSSR count). The van der Waals surface area contributed by atoms with E-state index in [1.165, 1.54) is 11.3 Å². The zero-order valence-electron chi connectivity index (χ0n) is 8.02. The number of carbonyl (C=O) groups excluding carboxylic acids is 1. The van der Waals surface area contributed by atoms with Gasteiger partial charge >= 0.3 is 5.97 Å². The number of aromatic nitrogens is 2. The number of aryl methyl sites for hydroxylation is 1. The standard InChI is InChI=1S/C8H13N3O2S/c1-2-5-13-7(12)4-3-6-10-11-8(9)14-6/h2-5H2,1H3,(H2,9,11). The topological polar surface area (TPSA) is 78.1 Å². The van der Waals surface area contributed by atoms with Crippen LogP contribution in [0.2, 0.25) is 0 Å². The van der Waals surface area contributed by atoms with E-state index in [-0.39, 0.29) is 5.97 Å². The third-order valence-corrected chi connectivity index (χ3v) is 2.30. The Labute approximate surface area is 86.3 Å². The Morgan fingerprint density at radius 3 is 2.93 bits per heavy atom. The summed E-state index contributed by atoms with van der Waals surface area (Å²) in [5.74, 6) is -0.194. The van der Waals surface area contributed by atoms with E-state index >= 15 is 0 Å². The molecule has 5 nitrogen and oxygen atoms in total. The molecule has 1 heterocycles. The highest BCUT2D eigenvalue weighted by Gasteiger charge is 2.06. The molecule has 0 unspecified atom stereocenters. The Morgan fingerprint density at radius 1 is 1.57 bits per heavy atom. The summed E-state index contributed by atoms with van der Waals surface area (Å²) >= 11 is 1.30. The number of nitrogens with two attached hydrogens (primary N) is 1. The van der Waals surface area contributed by atoms with Crippen LogP contribution in [0.3, 0.4) is 0 Å². The molecule has 0 bridgehead atoms. The second-order valence-electron chi connectivity index (χ2n) is 2.75. The number of anilines is 1. The van der Waals surface area contributed by atoms with Gasteiger partial charge in [0, 0.05) is 6.42 Å². The van der Waals surface area contributed by atoms with Crippen molar-refractivity contribution in [3.8, 4) is 0 Å². The number of rotatable bonds is 5. The highest BCUT2D eigenvalue weighted by Crippen LogP contribution is 2.12. The number of hydrogen-bond acceptors (Lipinski definition) is 6. The minimum absolute atomic E-state index is 0.194. The van der Waals surface area contributed by atoms with Crippen molar-refractivity contribution in [2.24, 2.45) is 0 Å². The van der Waals surface area contributed by atoms with Gasteiger partial charge in [-0.05, 0) is 6.42 Å². The van der Waals surface area contributed by atoms with Crippen molar-refractivity contribution >= 4 is 22.4 Å². The largest absolute Gasteiger partial charge is 0.466 e. The summed E-state index contributed by atoms with van der Waals surface area (Å²) in [4.78, 5) is 11.1. The number of ether oxygens (including phenoxy) is 1. The summed E-state index contributed by atoms with van der Waals surface area (Å²) in [6.07, 6.45) is 1.74. The molecule has 1 aromatic heterocycles. The maximum Gasteiger partial charge on any atom is 0.306 e. The summed E-state index contributed by atoms with van der Waals surface area (Å²) < 4.78 is 4.91. The van der Waals surface area contributed by atoms with Crippen molar-refractivity contribution in [2.75, 3.05) is 12.3 Å². The maximum atomic E-state index is 11.1. The molecule has 1 aromatic rings. The average molecular weight is 215 g/mol.